The largest absolute Gasteiger partial charge is 0.480 e. The second kappa shape index (κ2) is 6.39. The number of aliphatic carboxylic acids is 1. The summed E-state index contributed by atoms with van der Waals surface area (Å²) in [6.07, 6.45) is 0.276. The van der Waals surface area contributed by atoms with E-state index in [9.17, 15) is 9.59 Å². The van der Waals surface area contributed by atoms with Crippen LogP contribution in [0.5, 0.6) is 0 Å². The van der Waals surface area contributed by atoms with Crippen molar-refractivity contribution in [2.75, 3.05) is 4.43 Å². The van der Waals surface area contributed by atoms with Gasteiger partial charge in [-0.05, 0) is 34.1 Å². The molecule has 0 rings (SSSR count). The predicted molar refractivity (Wildman–Crippen MR) is 70.1 cm³/mol. The lowest BCUT2D eigenvalue weighted by atomic mass is 9.87. The normalized spacial score (nSPS) is 14.6. The Bertz CT molecular complexity index is 262. The van der Waals surface area contributed by atoms with E-state index in [2.05, 4.69) is 0 Å². The van der Waals surface area contributed by atoms with Gasteiger partial charge in [-0.25, -0.2) is 0 Å². The van der Waals surface area contributed by atoms with Crippen LogP contribution in [0.1, 0.15) is 34.1 Å². The zero-order valence-electron chi connectivity index (χ0n) is 10.2. The van der Waals surface area contributed by atoms with Crippen molar-refractivity contribution < 1.29 is 19.4 Å². The third kappa shape index (κ3) is 5.11. The smallest absolute Gasteiger partial charge is 0.323 e. The van der Waals surface area contributed by atoms with Gasteiger partial charge in [0, 0.05) is 4.43 Å². The van der Waals surface area contributed by atoms with Crippen molar-refractivity contribution in [3.63, 3.8) is 0 Å². The second-order valence-corrected chi connectivity index (χ2v) is 5.66. The highest BCUT2D eigenvalue weighted by molar-refractivity contribution is 14.1. The van der Waals surface area contributed by atoms with Crippen molar-refractivity contribution in [1.29, 1.82) is 0 Å². The topological polar surface area (TPSA) is 98.6 Å². The molecule has 4 N–H and O–H groups in total. The van der Waals surface area contributed by atoms with Crippen LogP contribution in [0, 0.1) is 5.41 Å². The minimum Gasteiger partial charge on any atom is -0.480 e. The van der Waals surface area contributed by atoms with Crippen molar-refractivity contribution in [2.45, 2.75) is 39.7 Å². The average molecular weight is 345 g/mol. The highest BCUT2D eigenvalue weighted by Gasteiger charge is 2.43. The fourth-order valence-corrected chi connectivity index (χ4v) is 1.95. The maximum atomic E-state index is 11.7. The first-order valence-electron chi connectivity index (χ1n) is 4.66. The Morgan fingerprint density at radius 1 is 1.25 bits per heavy atom. The number of ether oxygens (including phenoxy) is 1. The number of alkyl halides is 1. The molecule has 1 atom stereocenters. The lowest BCUT2D eigenvalue weighted by Crippen LogP contribution is -2.41. The summed E-state index contributed by atoms with van der Waals surface area (Å²) in [4.78, 5) is 22.7. The molecule has 0 amide bonds. The van der Waals surface area contributed by atoms with Gasteiger partial charge in [-0.15, -0.1) is 0 Å². The molecule has 96 valence electrons. The number of esters is 1. The van der Waals surface area contributed by atoms with Gasteiger partial charge in [-0.3, -0.25) is 9.59 Å². The maximum absolute atomic E-state index is 11.7. The fraction of sp³-hybridized carbons (Fsp3) is 0.800. The first-order chi connectivity index (χ1) is 6.63. The summed E-state index contributed by atoms with van der Waals surface area (Å²) < 4.78 is 5.69. The second-order valence-electron chi connectivity index (χ2n) is 4.58. The number of carboxylic acids is 1. The summed E-state index contributed by atoms with van der Waals surface area (Å²) in [5.41, 5.74) is -2.09. The van der Waals surface area contributed by atoms with Crippen LogP contribution < -0.4 is 6.15 Å². The fourth-order valence-electron chi connectivity index (χ4n) is 0.876. The molecular formula is C10H20INO4. The standard InChI is InChI=1S/C10H17IO4.H3N/c1-9(2,3)15-8(14)10(4,5-6-11)7(12)13;/h5-6H2,1-4H3,(H,12,13);1H3. The van der Waals surface area contributed by atoms with E-state index in [1.165, 1.54) is 6.92 Å². The van der Waals surface area contributed by atoms with E-state index in [1.54, 1.807) is 20.8 Å². The van der Waals surface area contributed by atoms with Crippen molar-refractivity contribution in [3.8, 4) is 0 Å². The summed E-state index contributed by atoms with van der Waals surface area (Å²) in [7, 11) is 0. The van der Waals surface area contributed by atoms with E-state index in [4.69, 9.17) is 9.84 Å². The van der Waals surface area contributed by atoms with Gasteiger partial charge < -0.3 is 16.0 Å². The lowest BCUT2D eigenvalue weighted by Gasteiger charge is -2.27. The average Bonchev–Trinajstić information content (AvgIpc) is 2.00. The maximum Gasteiger partial charge on any atom is 0.323 e. The Hall–Kier alpha value is -0.370. The van der Waals surface area contributed by atoms with Crippen LogP contribution in [0.15, 0.2) is 0 Å². The van der Waals surface area contributed by atoms with E-state index in [0.29, 0.717) is 4.43 Å². The first-order valence-corrected chi connectivity index (χ1v) is 6.19. The third-order valence-electron chi connectivity index (χ3n) is 1.92. The number of hydrogen-bond donors (Lipinski definition) is 2. The van der Waals surface area contributed by atoms with Crippen molar-refractivity contribution >= 4 is 34.5 Å². The van der Waals surface area contributed by atoms with Crippen molar-refractivity contribution in [2.24, 2.45) is 5.41 Å². The molecule has 0 radical (unpaired) electrons. The van der Waals surface area contributed by atoms with E-state index in [1.807, 2.05) is 22.6 Å². The molecule has 1 unspecified atom stereocenters. The molecule has 0 saturated heterocycles. The molecule has 0 aliphatic heterocycles. The molecule has 0 aromatic rings. The number of halogens is 1. The Morgan fingerprint density at radius 3 is 1.94 bits per heavy atom. The first kappa shape index (κ1) is 18.0. The van der Waals surface area contributed by atoms with E-state index in [0.717, 1.165) is 0 Å². The number of carbonyl (C=O) groups is 2. The van der Waals surface area contributed by atoms with E-state index >= 15 is 0 Å². The van der Waals surface area contributed by atoms with Crippen LogP contribution in [0.2, 0.25) is 0 Å². The van der Waals surface area contributed by atoms with Gasteiger partial charge >= 0.3 is 11.9 Å². The molecule has 0 heterocycles. The summed E-state index contributed by atoms with van der Waals surface area (Å²) in [5.74, 6) is -1.80. The summed E-state index contributed by atoms with van der Waals surface area (Å²) in [6.45, 7) is 6.56. The number of hydrogen-bond acceptors (Lipinski definition) is 4. The Morgan fingerprint density at radius 2 is 1.69 bits per heavy atom. The van der Waals surface area contributed by atoms with Crippen molar-refractivity contribution in [3.05, 3.63) is 0 Å². The van der Waals surface area contributed by atoms with Gasteiger partial charge in [0.05, 0.1) is 0 Å². The molecule has 0 fully saturated rings. The Kier molecular flexibility index (Phi) is 7.19. The third-order valence-corrected chi connectivity index (χ3v) is 2.46. The zero-order chi connectivity index (χ0) is 12.3. The lowest BCUT2D eigenvalue weighted by molar-refractivity contribution is -0.175. The van der Waals surface area contributed by atoms with Gasteiger partial charge in [0.2, 0.25) is 0 Å². The van der Waals surface area contributed by atoms with Crippen LogP contribution in [-0.2, 0) is 14.3 Å². The number of rotatable bonds is 4. The van der Waals surface area contributed by atoms with Crippen LogP contribution in [-0.4, -0.2) is 27.1 Å². The SMILES string of the molecule is CC(C)(C)OC(=O)C(C)(CCI)C(=O)O.N. The van der Waals surface area contributed by atoms with Crippen LogP contribution in [0.3, 0.4) is 0 Å². The summed E-state index contributed by atoms with van der Waals surface area (Å²) in [5, 5.41) is 9.03. The van der Waals surface area contributed by atoms with E-state index < -0.39 is 23.0 Å². The molecule has 0 saturated carbocycles. The van der Waals surface area contributed by atoms with Gasteiger partial charge in [0.1, 0.15) is 5.60 Å². The van der Waals surface area contributed by atoms with Crippen LogP contribution >= 0.6 is 22.6 Å². The molecule has 0 aromatic heterocycles. The highest BCUT2D eigenvalue weighted by Crippen LogP contribution is 2.27. The summed E-state index contributed by atoms with van der Waals surface area (Å²) in [6, 6.07) is 0. The molecule has 0 aliphatic carbocycles. The molecule has 16 heavy (non-hydrogen) atoms. The minimum absolute atomic E-state index is 0. The monoisotopic (exact) mass is 345 g/mol. The zero-order valence-corrected chi connectivity index (χ0v) is 12.3. The minimum atomic E-state index is -1.44. The molecule has 0 aliphatic rings. The highest BCUT2D eigenvalue weighted by atomic mass is 127. The van der Waals surface area contributed by atoms with Crippen molar-refractivity contribution in [1.82, 2.24) is 6.15 Å². The molecular weight excluding hydrogens is 325 g/mol. The molecule has 0 aromatic carbocycles. The van der Waals surface area contributed by atoms with Crippen LogP contribution in [0.4, 0.5) is 0 Å². The summed E-state index contributed by atoms with van der Waals surface area (Å²) >= 11 is 2.05. The van der Waals surface area contributed by atoms with Crippen LogP contribution in [0.25, 0.3) is 0 Å². The van der Waals surface area contributed by atoms with E-state index in [-0.39, 0.29) is 12.6 Å². The molecule has 6 heteroatoms. The Balaban J connectivity index is 0. The predicted octanol–water partition coefficient (Wildman–Crippen LogP) is 2.41. The number of carbonyl (C=O) groups excluding carboxylic acids is 1. The van der Waals surface area contributed by atoms with Gasteiger partial charge in [0.25, 0.3) is 0 Å². The molecule has 0 bridgehead atoms. The van der Waals surface area contributed by atoms with Gasteiger partial charge in [-0.1, -0.05) is 22.6 Å². The quantitative estimate of drug-likeness (QED) is 0.353. The Labute approximate surface area is 110 Å². The molecule has 0 spiro atoms. The van der Waals surface area contributed by atoms with Gasteiger partial charge in [0.15, 0.2) is 5.41 Å². The van der Waals surface area contributed by atoms with Gasteiger partial charge in [-0.2, -0.15) is 0 Å². The molecule has 5 nitrogen and oxygen atoms in total. The number of carboxylic acid groups (broad SMARTS) is 1.